The van der Waals surface area contributed by atoms with E-state index in [0.717, 1.165) is 19.6 Å². The van der Waals surface area contributed by atoms with Gasteiger partial charge >= 0.3 is 0 Å². The summed E-state index contributed by atoms with van der Waals surface area (Å²) in [5.74, 6) is 1.18. The summed E-state index contributed by atoms with van der Waals surface area (Å²) in [6, 6.07) is 0.623. The highest BCUT2D eigenvalue weighted by Gasteiger charge is 2.58. The molecule has 0 aliphatic heterocycles. The number of thioether (sulfide) groups is 1. The van der Waals surface area contributed by atoms with Crippen LogP contribution in [0.3, 0.4) is 0 Å². The second-order valence-electron chi connectivity index (χ2n) is 6.46. The Morgan fingerprint density at radius 2 is 2.05 bits per heavy atom. The molecule has 3 unspecified atom stereocenters. The molecule has 1 fully saturated rings. The molecular weight excluding hydrogens is 256 g/mol. The van der Waals surface area contributed by atoms with E-state index in [-0.39, 0.29) is 11.0 Å². The molecule has 1 aliphatic rings. The maximum Gasteiger partial charge on any atom is 0.0662 e. The number of rotatable bonds is 8. The molecular formula is C15H32N2OS. The lowest BCUT2D eigenvalue weighted by Gasteiger charge is -2.60. The van der Waals surface area contributed by atoms with Gasteiger partial charge in [0.2, 0.25) is 0 Å². The summed E-state index contributed by atoms with van der Waals surface area (Å²) in [6.07, 6.45) is 4.65. The zero-order valence-corrected chi connectivity index (χ0v) is 14.3. The van der Waals surface area contributed by atoms with Crippen molar-refractivity contribution in [2.45, 2.75) is 58.2 Å². The Bertz CT molecular complexity index is 285. The Hall–Kier alpha value is 0.230. The third-order valence-corrected chi connectivity index (χ3v) is 5.71. The Balaban J connectivity index is 2.61. The molecule has 0 heterocycles. The molecule has 1 saturated carbocycles. The largest absolute Gasteiger partial charge is 0.378 e. The zero-order valence-electron chi connectivity index (χ0n) is 13.5. The van der Waals surface area contributed by atoms with Crippen molar-refractivity contribution in [3.63, 3.8) is 0 Å². The summed E-state index contributed by atoms with van der Waals surface area (Å²) in [5, 5.41) is 0. The van der Waals surface area contributed by atoms with Gasteiger partial charge in [0.05, 0.1) is 6.10 Å². The first-order valence-corrected chi connectivity index (χ1v) is 8.81. The van der Waals surface area contributed by atoms with Crippen LogP contribution in [0.25, 0.3) is 0 Å². The molecule has 19 heavy (non-hydrogen) atoms. The minimum absolute atomic E-state index is 0.0644. The van der Waals surface area contributed by atoms with Crippen LogP contribution in [-0.2, 0) is 4.74 Å². The lowest BCUT2D eigenvalue weighted by atomic mass is 9.54. The van der Waals surface area contributed by atoms with E-state index in [4.69, 9.17) is 10.5 Å². The first-order chi connectivity index (χ1) is 8.82. The summed E-state index contributed by atoms with van der Waals surface area (Å²) < 4.78 is 5.80. The average molecular weight is 289 g/mol. The van der Waals surface area contributed by atoms with Crippen molar-refractivity contribution < 1.29 is 4.74 Å². The quantitative estimate of drug-likeness (QED) is 0.745. The van der Waals surface area contributed by atoms with Crippen molar-refractivity contribution >= 4 is 11.8 Å². The van der Waals surface area contributed by atoms with E-state index >= 15 is 0 Å². The topological polar surface area (TPSA) is 38.5 Å². The maximum atomic E-state index is 6.66. The number of hydrogen-bond acceptors (Lipinski definition) is 4. The number of likely N-dealkylation sites (N-methyl/N-ethyl adjacent to an activating group) is 1. The fourth-order valence-electron chi connectivity index (χ4n) is 3.10. The van der Waals surface area contributed by atoms with Gasteiger partial charge in [0, 0.05) is 35.9 Å². The minimum atomic E-state index is -0.118. The standard InChI is InChI=1S/C15H32N2OS/c1-7-12(10-19-6)17(5)11-15(16)9-13(18-8-2)14(15,3)4/h12-13H,7-11,16H2,1-6H3. The van der Waals surface area contributed by atoms with E-state index in [1.807, 2.05) is 11.8 Å². The van der Waals surface area contributed by atoms with Gasteiger partial charge < -0.3 is 15.4 Å². The van der Waals surface area contributed by atoms with Gasteiger partial charge in [-0.05, 0) is 33.1 Å². The molecule has 0 aromatic heterocycles. The molecule has 4 heteroatoms. The highest BCUT2D eigenvalue weighted by atomic mass is 32.2. The molecule has 0 aromatic carbocycles. The highest BCUT2D eigenvalue weighted by molar-refractivity contribution is 7.98. The summed E-state index contributed by atoms with van der Waals surface area (Å²) in [4.78, 5) is 2.44. The van der Waals surface area contributed by atoms with Gasteiger partial charge in [-0.2, -0.15) is 11.8 Å². The van der Waals surface area contributed by atoms with Crippen LogP contribution in [0, 0.1) is 5.41 Å². The lowest BCUT2D eigenvalue weighted by molar-refractivity contribution is -0.156. The van der Waals surface area contributed by atoms with Crippen LogP contribution in [-0.4, -0.2) is 54.8 Å². The highest BCUT2D eigenvalue weighted by Crippen LogP contribution is 2.50. The van der Waals surface area contributed by atoms with Crippen LogP contribution in [0.5, 0.6) is 0 Å². The third-order valence-electron chi connectivity index (χ3n) is 4.99. The van der Waals surface area contributed by atoms with Crippen molar-refractivity contribution in [1.82, 2.24) is 4.90 Å². The van der Waals surface area contributed by atoms with E-state index in [1.165, 1.54) is 12.2 Å². The van der Waals surface area contributed by atoms with Crippen molar-refractivity contribution in [3.05, 3.63) is 0 Å². The molecule has 2 N–H and O–H groups in total. The number of nitrogens with two attached hydrogens (primary N) is 1. The van der Waals surface area contributed by atoms with Crippen LogP contribution < -0.4 is 5.73 Å². The van der Waals surface area contributed by atoms with Gasteiger partial charge in [-0.15, -0.1) is 0 Å². The molecule has 0 spiro atoms. The molecule has 3 atom stereocenters. The molecule has 1 rings (SSSR count). The van der Waals surface area contributed by atoms with E-state index in [1.54, 1.807) is 0 Å². The molecule has 0 radical (unpaired) electrons. The summed E-state index contributed by atoms with van der Waals surface area (Å²) in [5.41, 5.74) is 6.61. The van der Waals surface area contributed by atoms with Crippen LogP contribution in [0.4, 0.5) is 0 Å². The monoisotopic (exact) mass is 288 g/mol. The van der Waals surface area contributed by atoms with Crippen LogP contribution >= 0.6 is 11.8 Å². The number of hydrogen-bond donors (Lipinski definition) is 1. The number of nitrogens with zero attached hydrogens (tertiary/aromatic N) is 1. The van der Waals surface area contributed by atoms with Gasteiger partial charge in [-0.3, -0.25) is 0 Å². The maximum absolute atomic E-state index is 6.66. The molecule has 0 aromatic rings. The van der Waals surface area contributed by atoms with Gasteiger partial charge in [0.1, 0.15) is 0 Å². The smallest absolute Gasteiger partial charge is 0.0662 e. The van der Waals surface area contributed by atoms with Crippen LogP contribution in [0.15, 0.2) is 0 Å². The number of ether oxygens (including phenoxy) is 1. The summed E-state index contributed by atoms with van der Waals surface area (Å²) in [6.45, 7) is 10.6. The fourth-order valence-corrected chi connectivity index (χ4v) is 3.97. The molecule has 0 bridgehead atoms. The second kappa shape index (κ2) is 6.79. The minimum Gasteiger partial charge on any atom is -0.378 e. The van der Waals surface area contributed by atoms with Crippen molar-refractivity contribution in [2.75, 3.05) is 32.2 Å². The molecule has 114 valence electrons. The van der Waals surface area contributed by atoms with Crippen molar-refractivity contribution in [2.24, 2.45) is 11.1 Å². The van der Waals surface area contributed by atoms with Gasteiger partial charge in [-0.1, -0.05) is 20.8 Å². The normalized spacial score (nSPS) is 31.3. The zero-order chi connectivity index (χ0) is 14.7. The van der Waals surface area contributed by atoms with E-state index < -0.39 is 0 Å². The molecule has 3 nitrogen and oxygen atoms in total. The van der Waals surface area contributed by atoms with Crippen molar-refractivity contribution in [1.29, 1.82) is 0 Å². The Morgan fingerprint density at radius 1 is 1.42 bits per heavy atom. The summed E-state index contributed by atoms with van der Waals surface area (Å²) >= 11 is 1.92. The lowest BCUT2D eigenvalue weighted by Crippen LogP contribution is -2.73. The fraction of sp³-hybridized carbons (Fsp3) is 1.00. The predicted molar refractivity (Wildman–Crippen MR) is 85.8 cm³/mol. The molecule has 1 aliphatic carbocycles. The Kier molecular flexibility index (Phi) is 6.18. The SMILES string of the molecule is CCOC1CC(N)(CN(C)C(CC)CSC)C1(C)C. The average Bonchev–Trinajstić information content (AvgIpc) is 2.35. The third kappa shape index (κ3) is 3.46. The first kappa shape index (κ1) is 17.3. The van der Waals surface area contributed by atoms with Crippen LogP contribution in [0.1, 0.15) is 40.5 Å². The van der Waals surface area contributed by atoms with Crippen LogP contribution in [0.2, 0.25) is 0 Å². The van der Waals surface area contributed by atoms with Crippen molar-refractivity contribution in [3.8, 4) is 0 Å². The first-order valence-electron chi connectivity index (χ1n) is 7.42. The van der Waals surface area contributed by atoms with E-state index in [0.29, 0.717) is 12.1 Å². The molecule has 0 saturated heterocycles. The predicted octanol–water partition coefficient (Wildman–Crippen LogP) is 2.59. The second-order valence-corrected chi connectivity index (χ2v) is 7.37. The van der Waals surface area contributed by atoms with Gasteiger partial charge in [0.25, 0.3) is 0 Å². The summed E-state index contributed by atoms with van der Waals surface area (Å²) in [7, 11) is 2.21. The molecule has 0 amide bonds. The van der Waals surface area contributed by atoms with Gasteiger partial charge in [0.15, 0.2) is 0 Å². The Labute approximate surface area is 123 Å². The van der Waals surface area contributed by atoms with E-state index in [9.17, 15) is 0 Å². The Morgan fingerprint density at radius 3 is 2.47 bits per heavy atom. The van der Waals surface area contributed by atoms with E-state index in [2.05, 4.69) is 45.9 Å². The van der Waals surface area contributed by atoms with Gasteiger partial charge in [-0.25, -0.2) is 0 Å².